The Morgan fingerprint density at radius 2 is 1.66 bits per heavy atom. The minimum Gasteiger partial charge on any atom is -0.491 e. The van der Waals surface area contributed by atoms with Crippen LogP contribution >= 0.6 is 12.6 Å². The predicted octanol–water partition coefficient (Wildman–Crippen LogP) is 3.13. The van der Waals surface area contributed by atoms with Crippen LogP contribution in [0.3, 0.4) is 0 Å². The van der Waals surface area contributed by atoms with Gasteiger partial charge in [0.15, 0.2) is 17.3 Å². The zero-order chi connectivity index (χ0) is 27.5. The van der Waals surface area contributed by atoms with Gasteiger partial charge in [-0.15, -0.1) is 0 Å². The zero-order valence-corrected chi connectivity index (χ0v) is 23.1. The molecule has 38 heavy (non-hydrogen) atoms. The quantitative estimate of drug-likeness (QED) is 0.154. The van der Waals surface area contributed by atoms with Crippen molar-refractivity contribution in [3.63, 3.8) is 0 Å². The fourth-order valence-electron chi connectivity index (χ4n) is 4.32. The van der Waals surface area contributed by atoms with E-state index in [0.29, 0.717) is 32.8 Å². The first-order valence-electron chi connectivity index (χ1n) is 13.1. The summed E-state index contributed by atoms with van der Waals surface area (Å²) < 4.78 is 21.3. The molecule has 2 aliphatic rings. The average Bonchev–Trinajstić information content (AvgIpc) is 3.17. The van der Waals surface area contributed by atoms with E-state index in [1.165, 1.54) is 5.56 Å². The fourth-order valence-corrected chi connectivity index (χ4v) is 4.50. The van der Waals surface area contributed by atoms with E-state index in [1.54, 1.807) is 0 Å². The highest BCUT2D eigenvalue weighted by Gasteiger charge is 2.35. The van der Waals surface area contributed by atoms with E-state index in [1.807, 2.05) is 32.0 Å². The number of Topliss-reactive ketones (excluding diaryl/α,β-unsaturated/α-hetero) is 3. The van der Waals surface area contributed by atoms with E-state index in [4.69, 9.17) is 18.9 Å². The van der Waals surface area contributed by atoms with Gasteiger partial charge in [-0.2, -0.15) is 12.6 Å². The van der Waals surface area contributed by atoms with Gasteiger partial charge in [-0.25, -0.2) is 0 Å². The van der Waals surface area contributed by atoms with Crippen molar-refractivity contribution in [2.75, 3.05) is 39.6 Å². The molecule has 1 saturated carbocycles. The van der Waals surface area contributed by atoms with Crippen LogP contribution in [0.25, 0.3) is 0 Å². The molecule has 0 bridgehead atoms. The first-order chi connectivity index (χ1) is 18.1. The molecule has 1 aromatic rings. The van der Waals surface area contributed by atoms with Gasteiger partial charge in [0.25, 0.3) is 0 Å². The van der Waals surface area contributed by atoms with Crippen molar-refractivity contribution < 1.29 is 38.1 Å². The maximum absolute atomic E-state index is 12.2. The lowest BCUT2D eigenvalue weighted by Crippen LogP contribution is -2.28. The molecule has 0 atom stereocenters. The van der Waals surface area contributed by atoms with Crippen LogP contribution in [-0.4, -0.2) is 79.5 Å². The maximum Gasteiger partial charge on any atom is 0.309 e. The summed E-state index contributed by atoms with van der Waals surface area (Å²) in [6.07, 6.45) is 2.18. The van der Waals surface area contributed by atoms with Gasteiger partial charge in [0, 0.05) is 29.7 Å². The lowest BCUT2D eigenvalue weighted by molar-refractivity contribution is -0.158. The molecule has 2 aliphatic carbocycles. The van der Waals surface area contributed by atoms with Crippen LogP contribution in [0, 0.1) is 0 Å². The number of hydrogen-bond acceptors (Lipinski definition) is 10. The van der Waals surface area contributed by atoms with E-state index >= 15 is 0 Å². The smallest absolute Gasteiger partial charge is 0.309 e. The molecule has 10 heteroatoms. The van der Waals surface area contributed by atoms with E-state index in [2.05, 4.69) is 17.6 Å². The molecule has 0 amide bonds. The minimum absolute atomic E-state index is 0.0327. The van der Waals surface area contributed by atoms with Crippen molar-refractivity contribution in [1.82, 2.24) is 0 Å². The van der Waals surface area contributed by atoms with Crippen molar-refractivity contribution in [3.05, 3.63) is 29.3 Å². The number of ether oxygens (including phenoxy) is 4. The van der Waals surface area contributed by atoms with Crippen LogP contribution in [0.4, 0.5) is 0 Å². The number of aliphatic imine (C=N–C) groups is 1. The Morgan fingerprint density at radius 1 is 0.974 bits per heavy atom. The molecule has 0 N–H and O–H groups in total. The Kier molecular flexibility index (Phi) is 11.5. The fraction of sp³-hybridized carbons (Fsp3) is 0.607. The van der Waals surface area contributed by atoms with E-state index in [0.717, 1.165) is 36.3 Å². The molecule has 1 aromatic carbocycles. The Bertz CT molecular complexity index is 1030. The second-order valence-electron chi connectivity index (χ2n) is 10.1. The molecule has 0 spiro atoms. The molecule has 0 saturated heterocycles. The van der Waals surface area contributed by atoms with Crippen molar-refractivity contribution in [3.8, 4) is 5.75 Å². The van der Waals surface area contributed by atoms with E-state index in [-0.39, 0.29) is 54.5 Å². The first kappa shape index (κ1) is 30.0. The van der Waals surface area contributed by atoms with Crippen molar-refractivity contribution >= 4 is 41.7 Å². The topological polar surface area (TPSA) is 118 Å². The number of carbonyl (C=O) groups excluding carboxylic acids is 4. The molecule has 0 aromatic heterocycles. The van der Waals surface area contributed by atoms with Gasteiger partial charge in [0.2, 0.25) is 6.10 Å². The highest BCUT2D eigenvalue weighted by Crippen LogP contribution is 2.26. The highest BCUT2D eigenvalue weighted by molar-refractivity contribution is 7.81. The lowest BCUT2D eigenvalue weighted by Gasteiger charge is -2.20. The number of benzene rings is 1. The molecule has 0 aliphatic heterocycles. The predicted molar refractivity (Wildman–Crippen MR) is 144 cm³/mol. The summed E-state index contributed by atoms with van der Waals surface area (Å²) in [5.41, 5.74) is 3.23. The number of esters is 1. The first-order valence-corrected chi connectivity index (χ1v) is 13.5. The Labute approximate surface area is 229 Å². The van der Waals surface area contributed by atoms with Crippen LogP contribution in [0.2, 0.25) is 0 Å². The molecular weight excluding hydrogens is 510 g/mol. The molecule has 3 rings (SSSR count). The van der Waals surface area contributed by atoms with Crippen LogP contribution in [-0.2, 0) is 39.8 Å². The molecule has 208 valence electrons. The average molecular weight is 548 g/mol. The summed E-state index contributed by atoms with van der Waals surface area (Å²) in [5, 5.41) is 0. The normalized spacial score (nSPS) is 17.1. The molecule has 0 unspecified atom stereocenters. The number of rotatable bonds is 15. The third-order valence-corrected chi connectivity index (χ3v) is 6.25. The summed E-state index contributed by atoms with van der Waals surface area (Å²) in [4.78, 5) is 51.5. The second-order valence-corrected chi connectivity index (χ2v) is 11.3. The van der Waals surface area contributed by atoms with Crippen molar-refractivity contribution in [2.45, 2.75) is 69.6 Å². The summed E-state index contributed by atoms with van der Waals surface area (Å²) >= 11 is 4.43. The van der Waals surface area contributed by atoms with Crippen molar-refractivity contribution in [1.29, 1.82) is 0 Å². The summed E-state index contributed by atoms with van der Waals surface area (Å²) in [7, 11) is 0. The van der Waals surface area contributed by atoms with Gasteiger partial charge in [0.1, 0.15) is 12.4 Å². The number of carbonyl (C=O) groups is 4. The molecule has 0 heterocycles. The molecule has 1 fully saturated rings. The second kappa shape index (κ2) is 14.6. The minimum atomic E-state index is -1.23. The highest BCUT2D eigenvalue weighted by atomic mass is 32.1. The molecule has 9 nitrogen and oxygen atoms in total. The standard InChI is InChI=1S/C28H37NO8S/c1-28(2,38)17-20(30)18-29-23-5-3-4-19-16-21(6-7-22(19)23)36-15-14-35-13-12-34-11-10-26(33)37-27-24(31)8-9-25(27)32/h6-7,16,27,38H,3-5,8-15,17-18H2,1-2H3. The number of hydrogen-bond donors (Lipinski definition) is 1. The Morgan fingerprint density at radius 3 is 2.37 bits per heavy atom. The number of fused-ring (bicyclic) bond motifs is 1. The Balaban J connectivity index is 1.29. The van der Waals surface area contributed by atoms with Crippen LogP contribution in [0.1, 0.15) is 63.5 Å². The van der Waals surface area contributed by atoms with Crippen molar-refractivity contribution in [2.24, 2.45) is 4.99 Å². The number of thiol groups is 1. The largest absolute Gasteiger partial charge is 0.491 e. The lowest BCUT2D eigenvalue weighted by atomic mass is 9.90. The molecule has 0 radical (unpaired) electrons. The summed E-state index contributed by atoms with van der Waals surface area (Å²) in [6.45, 7) is 5.54. The van der Waals surface area contributed by atoms with E-state index in [9.17, 15) is 19.2 Å². The number of aryl methyl sites for hydroxylation is 1. The SMILES string of the molecule is CC(C)(S)CC(=O)CN=C1CCCc2cc(OCCOCCOCCC(=O)OC3C(=O)CCC3=O)ccc21. The van der Waals surface area contributed by atoms with Crippen LogP contribution in [0.15, 0.2) is 23.2 Å². The third-order valence-electron chi connectivity index (χ3n) is 6.09. The number of ketones is 3. The van der Waals surface area contributed by atoms with Gasteiger partial charge < -0.3 is 18.9 Å². The monoisotopic (exact) mass is 547 g/mol. The van der Waals surface area contributed by atoms with Gasteiger partial charge in [0.05, 0.1) is 39.4 Å². The zero-order valence-electron chi connectivity index (χ0n) is 22.2. The van der Waals surface area contributed by atoms with Gasteiger partial charge >= 0.3 is 5.97 Å². The maximum atomic E-state index is 12.2. The third kappa shape index (κ3) is 9.96. The van der Waals surface area contributed by atoms with Crippen LogP contribution in [0.5, 0.6) is 5.75 Å². The summed E-state index contributed by atoms with van der Waals surface area (Å²) in [6, 6.07) is 5.94. The molecular formula is C28H37NO8S. The van der Waals surface area contributed by atoms with Gasteiger partial charge in [-0.05, 0) is 48.6 Å². The van der Waals surface area contributed by atoms with E-state index < -0.39 is 12.1 Å². The Hall–Kier alpha value is -2.56. The van der Waals surface area contributed by atoms with Gasteiger partial charge in [-0.1, -0.05) is 13.8 Å². The van der Waals surface area contributed by atoms with Crippen LogP contribution < -0.4 is 4.74 Å². The van der Waals surface area contributed by atoms with Gasteiger partial charge in [-0.3, -0.25) is 24.2 Å². The summed E-state index contributed by atoms with van der Waals surface area (Å²) in [5.74, 6) is -0.456. The number of nitrogens with zero attached hydrogens (tertiary/aromatic N) is 1.